The molecule has 3 aromatic rings. The second-order valence-electron chi connectivity index (χ2n) is 8.49. The van der Waals surface area contributed by atoms with E-state index in [1.165, 1.54) is 12.8 Å². The Morgan fingerprint density at radius 3 is 2.50 bits per heavy atom. The van der Waals surface area contributed by atoms with E-state index >= 15 is 0 Å². The number of benzene rings is 3. The Kier molecular flexibility index (Phi) is 6.90. The number of nitrogens with one attached hydrogen (secondary N) is 1. The van der Waals surface area contributed by atoms with Gasteiger partial charge in [-0.1, -0.05) is 55.5 Å². The highest BCUT2D eigenvalue weighted by Crippen LogP contribution is 2.37. The normalized spacial score (nSPS) is 15.3. The third-order valence-electron chi connectivity index (χ3n) is 5.71. The average molecular weight is 426 g/mol. The number of para-hydroxylation sites is 2. The van der Waals surface area contributed by atoms with Gasteiger partial charge in [0, 0.05) is 16.9 Å². The van der Waals surface area contributed by atoms with E-state index in [9.17, 15) is 0 Å². The molecule has 1 atom stereocenters. The lowest BCUT2D eigenvalue weighted by molar-refractivity contribution is 0.482. The summed E-state index contributed by atoms with van der Waals surface area (Å²) in [5.74, 6) is 3.80. The molecule has 1 unspecified atom stereocenters. The van der Waals surface area contributed by atoms with Crippen LogP contribution in [-0.2, 0) is 6.54 Å². The molecule has 0 amide bonds. The van der Waals surface area contributed by atoms with Crippen LogP contribution in [0.2, 0.25) is 0 Å². The molecule has 1 saturated carbocycles. The summed E-state index contributed by atoms with van der Waals surface area (Å²) in [7, 11) is 0. The SMILES string of the molecule is C/C(=C\C(C)C1CC1)NC(=NCc1cccc(Oc2ccccc2)c1)c1ccccc1N. The van der Waals surface area contributed by atoms with Crippen molar-refractivity contribution in [1.82, 2.24) is 5.32 Å². The summed E-state index contributed by atoms with van der Waals surface area (Å²) < 4.78 is 5.97. The molecule has 0 saturated heterocycles. The molecule has 4 heteroatoms. The molecule has 4 nitrogen and oxygen atoms in total. The first kappa shape index (κ1) is 21.7. The van der Waals surface area contributed by atoms with Crippen molar-refractivity contribution in [2.24, 2.45) is 16.8 Å². The summed E-state index contributed by atoms with van der Waals surface area (Å²) in [6, 6.07) is 25.7. The first-order valence-electron chi connectivity index (χ1n) is 11.2. The third kappa shape index (κ3) is 6.01. The molecule has 3 N–H and O–H groups in total. The minimum Gasteiger partial charge on any atom is -0.457 e. The van der Waals surface area contributed by atoms with Crippen LogP contribution in [0.15, 0.2) is 95.6 Å². The molecule has 164 valence electrons. The quantitative estimate of drug-likeness (QED) is 0.244. The van der Waals surface area contributed by atoms with E-state index in [1.54, 1.807) is 0 Å². The molecular weight excluding hydrogens is 394 g/mol. The Morgan fingerprint density at radius 1 is 1.03 bits per heavy atom. The number of nitrogens with zero attached hydrogens (tertiary/aromatic N) is 1. The fraction of sp³-hybridized carbons (Fsp3) is 0.250. The lowest BCUT2D eigenvalue weighted by atomic mass is 10.1. The number of ether oxygens (including phenoxy) is 1. The minimum atomic E-state index is 0.522. The van der Waals surface area contributed by atoms with Crippen molar-refractivity contribution in [3.8, 4) is 11.5 Å². The summed E-state index contributed by atoms with van der Waals surface area (Å²) in [4.78, 5) is 4.91. The number of amidine groups is 1. The predicted molar refractivity (Wildman–Crippen MR) is 133 cm³/mol. The molecule has 4 rings (SSSR count). The van der Waals surface area contributed by atoms with Gasteiger partial charge in [-0.15, -0.1) is 0 Å². The highest BCUT2D eigenvalue weighted by atomic mass is 16.5. The lowest BCUT2D eigenvalue weighted by Gasteiger charge is -2.15. The summed E-state index contributed by atoms with van der Waals surface area (Å²) in [5, 5.41) is 3.51. The first-order valence-corrected chi connectivity index (χ1v) is 11.2. The Bertz CT molecular complexity index is 1100. The molecule has 3 aromatic carbocycles. The molecule has 0 aromatic heterocycles. The minimum absolute atomic E-state index is 0.522. The van der Waals surface area contributed by atoms with E-state index in [0.717, 1.165) is 40.1 Å². The number of rotatable bonds is 8. The van der Waals surface area contributed by atoms with Crippen molar-refractivity contribution in [2.75, 3.05) is 5.73 Å². The van der Waals surface area contributed by atoms with Crippen LogP contribution in [0.3, 0.4) is 0 Å². The molecule has 0 aliphatic heterocycles. The molecule has 0 spiro atoms. The second kappa shape index (κ2) is 10.2. The summed E-state index contributed by atoms with van der Waals surface area (Å²) >= 11 is 0. The monoisotopic (exact) mass is 425 g/mol. The van der Waals surface area contributed by atoms with Gasteiger partial charge < -0.3 is 15.8 Å². The number of nitrogen functional groups attached to an aromatic ring is 1. The molecule has 0 radical (unpaired) electrons. The van der Waals surface area contributed by atoms with E-state index in [2.05, 4.69) is 31.3 Å². The zero-order valence-corrected chi connectivity index (χ0v) is 18.8. The number of allylic oxidation sites excluding steroid dienone is 2. The Hall–Kier alpha value is -3.53. The highest BCUT2D eigenvalue weighted by Gasteiger charge is 2.26. The van der Waals surface area contributed by atoms with Gasteiger partial charge in [0.15, 0.2) is 0 Å². The number of hydrogen-bond acceptors (Lipinski definition) is 3. The Labute approximate surface area is 190 Å². The standard InChI is InChI=1S/C28H31N3O/c1-20(23-15-16-23)17-21(2)31-28(26-13-6-7-14-27(26)29)30-19-22-9-8-12-25(18-22)32-24-10-4-3-5-11-24/h3-14,17-18,20,23H,15-16,19,29H2,1-2H3,(H,30,31)/b21-17+. The molecule has 32 heavy (non-hydrogen) atoms. The summed E-state index contributed by atoms with van der Waals surface area (Å²) in [6.45, 7) is 4.91. The van der Waals surface area contributed by atoms with Crippen LogP contribution >= 0.6 is 0 Å². The second-order valence-corrected chi connectivity index (χ2v) is 8.49. The van der Waals surface area contributed by atoms with Crippen LogP contribution in [-0.4, -0.2) is 5.84 Å². The van der Waals surface area contributed by atoms with Crippen LogP contribution in [0.1, 0.15) is 37.8 Å². The van der Waals surface area contributed by atoms with Crippen LogP contribution in [0.4, 0.5) is 5.69 Å². The molecule has 1 aliphatic carbocycles. The van der Waals surface area contributed by atoms with Crippen molar-refractivity contribution in [3.63, 3.8) is 0 Å². The first-order chi connectivity index (χ1) is 15.6. The number of anilines is 1. The molecule has 1 fully saturated rings. The maximum absolute atomic E-state index is 6.28. The van der Waals surface area contributed by atoms with Gasteiger partial charge in [-0.3, -0.25) is 4.99 Å². The van der Waals surface area contributed by atoms with Crippen LogP contribution in [0.5, 0.6) is 11.5 Å². The zero-order chi connectivity index (χ0) is 22.3. The van der Waals surface area contributed by atoms with Crippen molar-refractivity contribution in [2.45, 2.75) is 33.2 Å². The van der Waals surface area contributed by atoms with Crippen LogP contribution in [0.25, 0.3) is 0 Å². The maximum atomic E-state index is 6.28. The summed E-state index contributed by atoms with van der Waals surface area (Å²) in [6.07, 6.45) is 4.97. The van der Waals surface area contributed by atoms with Gasteiger partial charge in [0.25, 0.3) is 0 Å². The van der Waals surface area contributed by atoms with Gasteiger partial charge in [0.1, 0.15) is 17.3 Å². The number of hydrogen-bond donors (Lipinski definition) is 2. The largest absolute Gasteiger partial charge is 0.457 e. The zero-order valence-electron chi connectivity index (χ0n) is 18.8. The summed E-state index contributed by atoms with van der Waals surface area (Å²) in [5.41, 5.74) is 10.1. The van der Waals surface area contributed by atoms with Gasteiger partial charge in [-0.2, -0.15) is 0 Å². The average Bonchev–Trinajstić information content (AvgIpc) is 3.64. The third-order valence-corrected chi connectivity index (χ3v) is 5.71. The van der Waals surface area contributed by atoms with Crippen molar-refractivity contribution in [3.05, 3.63) is 102 Å². The molecule has 0 bridgehead atoms. The van der Waals surface area contributed by atoms with Gasteiger partial charge in [-0.25, -0.2) is 0 Å². The Balaban J connectivity index is 1.54. The van der Waals surface area contributed by atoms with Gasteiger partial charge >= 0.3 is 0 Å². The van der Waals surface area contributed by atoms with Gasteiger partial charge in [0.05, 0.1) is 6.54 Å². The maximum Gasteiger partial charge on any atom is 0.134 e. The smallest absolute Gasteiger partial charge is 0.134 e. The van der Waals surface area contributed by atoms with E-state index in [-0.39, 0.29) is 0 Å². The van der Waals surface area contributed by atoms with E-state index in [0.29, 0.717) is 18.2 Å². The molecule has 0 heterocycles. The fourth-order valence-electron chi connectivity index (χ4n) is 3.79. The Morgan fingerprint density at radius 2 is 1.75 bits per heavy atom. The van der Waals surface area contributed by atoms with Crippen molar-refractivity contribution in [1.29, 1.82) is 0 Å². The van der Waals surface area contributed by atoms with Gasteiger partial charge in [0.2, 0.25) is 0 Å². The topological polar surface area (TPSA) is 59.6 Å². The van der Waals surface area contributed by atoms with E-state index in [4.69, 9.17) is 15.5 Å². The fourth-order valence-corrected chi connectivity index (χ4v) is 3.79. The number of nitrogens with two attached hydrogens (primary N) is 1. The number of aliphatic imine (C=N–C) groups is 1. The highest BCUT2D eigenvalue weighted by molar-refractivity contribution is 6.03. The van der Waals surface area contributed by atoms with Crippen molar-refractivity contribution >= 4 is 11.5 Å². The lowest BCUT2D eigenvalue weighted by Crippen LogP contribution is -2.24. The van der Waals surface area contributed by atoms with Crippen LogP contribution < -0.4 is 15.8 Å². The van der Waals surface area contributed by atoms with E-state index < -0.39 is 0 Å². The van der Waals surface area contributed by atoms with Crippen LogP contribution in [0, 0.1) is 11.8 Å². The predicted octanol–water partition coefficient (Wildman–Crippen LogP) is 6.55. The van der Waals surface area contributed by atoms with Crippen molar-refractivity contribution < 1.29 is 4.74 Å². The van der Waals surface area contributed by atoms with Gasteiger partial charge in [-0.05, 0) is 73.6 Å². The molecule has 1 aliphatic rings. The van der Waals surface area contributed by atoms with E-state index in [1.807, 2.05) is 72.8 Å². The molecular formula is C28H31N3O.